The molecule has 1 aromatic carbocycles. The molecular weight excluding hydrogens is 328 g/mol. The van der Waals surface area contributed by atoms with Crippen molar-refractivity contribution in [2.75, 3.05) is 6.54 Å². The molecule has 1 atom stereocenters. The Morgan fingerprint density at radius 2 is 1.96 bits per heavy atom. The fourth-order valence-corrected chi connectivity index (χ4v) is 3.57. The molecule has 0 radical (unpaired) electrons. The Balaban J connectivity index is 1.68. The summed E-state index contributed by atoms with van der Waals surface area (Å²) in [5.74, 6) is -0.258. The maximum atomic E-state index is 12.6. The van der Waals surface area contributed by atoms with Crippen LogP contribution in [0.25, 0.3) is 0 Å². The average molecular weight is 348 g/mol. The highest BCUT2D eigenvalue weighted by molar-refractivity contribution is 7.89. The zero-order chi connectivity index (χ0) is 17.2. The van der Waals surface area contributed by atoms with Gasteiger partial charge < -0.3 is 9.32 Å². The van der Waals surface area contributed by atoms with E-state index in [0.29, 0.717) is 6.54 Å². The quantitative estimate of drug-likeness (QED) is 0.896. The first kappa shape index (κ1) is 16.7. The molecule has 128 valence electrons. The molecule has 0 spiro atoms. The van der Waals surface area contributed by atoms with Crippen LogP contribution >= 0.6 is 0 Å². The molecular formula is C17H20N2O4S. The fraction of sp³-hybridized carbons (Fsp3) is 0.353. The Morgan fingerprint density at radius 1 is 1.21 bits per heavy atom. The average Bonchev–Trinajstić information content (AvgIpc) is 3.22. The molecule has 24 heavy (non-hydrogen) atoms. The van der Waals surface area contributed by atoms with Gasteiger partial charge in [-0.3, -0.25) is 4.79 Å². The van der Waals surface area contributed by atoms with Gasteiger partial charge in [0.1, 0.15) is 0 Å². The SMILES string of the molecule is NS(=O)(=O)c1ccc(C(=O)N2CCCC2CCc2ccccc2)o1. The van der Waals surface area contributed by atoms with Crippen molar-refractivity contribution in [3.8, 4) is 0 Å². The molecule has 0 bridgehead atoms. The van der Waals surface area contributed by atoms with E-state index in [1.807, 2.05) is 18.2 Å². The van der Waals surface area contributed by atoms with E-state index >= 15 is 0 Å². The van der Waals surface area contributed by atoms with E-state index < -0.39 is 10.0 Å². The summed E-state index contributed by atoms with van der Waals surface area (Å²) in [7, 11) is -3.94. The molecule has 2 heterocycles. The van der Waals surface area contributed by atoms with Crippen molar-refractivity contribution in [1.82, 2.24) is 4.90 Å². The van der Waals surface area contributed by atoms with Gasteiger partial charge in [-0.2, -0.15) is 0 Å². The Labute approximate surface area is 141 Å². The number of nitrogens with zero attached hydrogens (tertiary/aromatic N) is 1. The van der Waals surface area contributed by atoms with Gasteiger partial charge in [0.15, 0.2) is 5.76 Å². The molecule has 6 nitrogen and oxygen atoms in total. The van der Waals surface area contributed by atoms with Crippen LogP contribution in [-0.2, 0) is 16.4 Å². The predicted octanol–water partition coefficient (Wildman–Crippen LogP) is 2.16. The number of nitrogens with two attached hydrogens (primary N) is 1. The first-order valence-electron chi connectivity index (χ1n) is 7.92. The summed E-state index contributed by atoms with van der Waals surface area (Å²) in [6.07, 6.45) is 3.66. The van der Waals surface area contributed by atoms with Crippen LogP contribution in [-0.4, -0.2) is 31.8 Å². The van der Waals surface area contributed by atoms with E-state index in [0.717, 1.165) is 25.7 Å². The summed E-state index contributed by atoms with van der Waals surface area (Å²) in [6.45, 7) is 0.656. The van der Waals surface area contributed by atoms with Gasteiger partial charge in [0.2, 0.25) is 5.09 Å². The van der Waals surface area contributed by atoms with Crippen LogP contribution < -0.4 is 5.14 Å². The zero-order valence-electron chi connectivity index (χ0n) is 13.2. The predicted molar refractivity (Wildman–Crippen MR) is 88.9 cm³/mol. The molecule has 1 aromatic heterocycles. The number of aryl methyl sites for hydroxylation is 1. The van der Waals surface area contributed by atoms with Gasteiger partial charge in [-0.05, 0) is 43.4 Å². The summed E-state index contributed by atoms with van der Waals surface area (Å²) in [6, 6.07) is 12.9. The second kappa shape index (κ2) is 6.78. The van der Waals surface area contributed by atoms with Crippen molar-refractivity contribution in [2.45, 2.75) is 36.8 Å². The summed E-state index contributed by atoms with van der Waals surface area (Å²) in [4.78, 5) is 14.4. The number of sulfonamides is 1. The van der Waals surface area contributed by atoms with Crippen molar-refractivity contribution in [3.05, 3.63) is 53.8 Å². The van der Waals surface area contributed by atoms with E-state index in [4.69, 9.17) is 9.56 Å². The number of hydrogen-bond donors (Lipinski definition) is 1. The van der Waals surface area contributed by atoms with Gasteiger partial charge in [0.25, 0.3) is 15.9 Å². The molecule has 1 amide bonds. The van der Waals surface area contributed by atoms with Gasteiger partial charge in [0.05, 0.1) is 0 Å². The highest BCUT2D eigenvalue weighted by Crippen LogP contribution is 2.25. The van der Waals surface area contributed by atoms with E-state index in [9.17, 15) is 13.2 Å². The lowest BCUT2D eigenvalue weighted by Gasteiger charge is -2.23. The highest BCUT2D eigenvalue weighted by Gasteiger charge is 2.31. The number of carbonyl (C=O) groups is 1. The van der Waals surface area contributed by atoms with Gasteiger partial charge in [-0.1, -0.05) is 30.3 Å². The Bertz CT molecular complexity index is 814. The van der Waals surface area contributed by atoms with Crippen LogP contribution in [0.4, 0.5) is 0 Å². The van der Waals surface area contributed by atoms with Gasteiger partial charge in [-0.15, -0.1) is 0 Å². The van der Waals surface area contributed by atoms with Gasteiger partial charge >= 0.3 is 0 Å². The second-order valence-electron chi connectivity index (χ2n) is 5.98. The molecule has 2 N–H and O–H groups in total. The molecule has 1 aliphatic heterocycles. The molecule has 1 saturated heterocycles. The standard InChI is InChI=1S/C17H20N2O4S/c18-24(21,22)16-11-10-15(23-16)17(20)19-12-4-7-14(19)9-8-13-5-2-1-3-6-13/h1-3,5-6,10-11,14H,4,7-9,12H2,(H2,18,21,22). The third-order valence-corrected chi connectivity index (χ3v) is 5.10. The lowest BCUT2D eigenvalue weighted by Crippen LogP contribution is -2.35. The molecule has 0 saturated carbocycles. The molecule has 1 fully saturated rings. The first-order chi connectivity index (χ1) is 11.4. The molecule has 1 unspecified atom stereocenters. The van der Waals surface area contributed by atoms with Crippen molar-refractivity contribution in [3.63, 3.8) is 0 Å². The van der Waals surface area contributed by atoms with Gasteiger partial charge in [0, 0.05) is 12.6 Å². The van der Waals surface area contributed by atoms with Gasteiger partial charge in [-0.25, -0.2) is 13.6 Å². The van der Waals surface area contributed by atoms with E-state index in [1.54, 1.807) is 4.90 Å². The smallest absolute Gasteiger partial charge is 0.289 e. The molecule has 0 aliphatic carbocycles. The minimum absolute atomic E-state index is 0.0191. The normalized spacial score (nSPS) is 18.0. The van der Waals surface area contributed by atoms with Crippen LogP contribution in [0.1, 0.15) is 35.4 Å². The maximum absolute atomic E-state index is 12.6. The Morgan fingerprint density at radius 3 is 2.62 bits per heavy atom. The van der Waals surface area contributed by atoms with Crippen molar-refractivity contribution < 1.29 is 17.6 Å². The zero-order valence-corrected chi connectivity index (χ0v) is 14.0. The summed E-state index contributed by atoms with van der Waals surface area (Å²) < 4.78 is 27.7. The number of benzene rings is 1. The van der Waals surface area contributed by atoms with Crippen LogP contribution in [0.2, 0.25) is 0 Å². The monoisotopic (exact) mass is 348 g/mol. The Kier molecular flexibility index (Phi) is 4.73. The number of amides is 1. The van der Waals surface area contributed by atoms with E-state index in [2.05, 4.69) is 12.1 Å². The van der Waals surface area contributed by atoms with Crippen LogP contribution in [0.15, 0.2) is 52.0 Å². The van der Waals surface area contributed by atoms with Crippen LogP contribution in [0, 0.1) is 0 Å². The van der Waals surface area contributed by atoms with Crippen LogP contribution in [0.5, 0.6) is 0 Å². The topological polar surface area (TPSA) is 93.6 Å². The maximum Gasteiger partial charge on any atom is 0.289 e. The number of likely N-dealkylation sites (tertiary alicyclic amines) is 1. The number of carbonyl (C=O) groups excluding carboxylic acids is 1. The Hall–Kier alpha value is -2.12. The fourth-order valence-electron chi connectivity index (χ4n) is 3.11. The molecule has 7 heteroatoms. The first-order valence-corrected chi connectivity index (χ1v) is 9.47. The molecule has 1 aliphatic rings. The summed E-state index contributed by atoms with van der Waals surface area (Å²) in [5, 5.41) is 4.63. The highest BCUT2D eigenvalue weighted by atomic mass is 32.2. The minimum atomic E-state index is -3.94. The lowest BCUT2D eigenvalue weighted by atomic mass is 10.0. The summed E-state index contributed by atoms with van der Waals surface area (Å²) >= 11 is 0. The third-order valence-electron chi connectivity index (χ3n) is 4.32. The van der Waals surface area contributed by atoms with Crippen molar-refractivity contribution in [2.24, 2.45) is 5.14 Å². The minimum Gasteiger partial charge on any atom is -0.438 e. The van der Waals surface area contributed by atoms with Crippen molar-refractivity contribution in [1.29, 1.82) is 0 Å². The summed E-state index contributed by atoms with van der Waals surface area (Å²) in [5.41, 5.74) is 1.24. The number of rotatable bonds is 5. The number of primary sulfonamides is 1. The van der Waals surface area contributed by atoms with E-state index in [-0.39, 0.29) is 22.8 Å². The third kappa shape index (κ3) is 3.68. The molecule has 2 aromatic rings. The van der Waals surface area contributed by atoms with Crippen molar-refractivity contribution >= 4 is 15.9 Å². The van der Waals surface area contributed by atoms with E-state index in [1.165, 1.54) is 17.7 Å². The lowest BCUT2D eigenvalue weighted by molar-refractivity contribution is 0.0692. The number of hydrogen-bond acceptors (Lipinski definition) is 4. The number of furan rings is 1. The van der Waals surface area contributed by atoms with Crippen LogP contribution in [0.3, 0.4) is 0 Å². The largest absolute Gasteiger partial charge is 0.438 e. The second-order valence-corrected chi connectivity index (χ2v) is 7.47. The molecule has 3 rings (SSSR count).